The topological polar surface area (TPSA) is 88.8 Å². The van der Waals surface area contributed by atoms with E-state index in [1.54, 1.807) is 36.5 Å². The summed E-state index contributed by atoms with van der Waals surface area (Å²) in [7, 11) is 0. The van der Waals surface area contributed by atoms with Crippen LogP contribution in [0.3, 0.4) is 0 Å². The summed E-state index contributed by atoms with van der Waals surface area (Å²) in [6.45, 7) is 0. The van der Waals surface area contributed by atoms with Crippen LogP contribution in [0.2, 0.25) is 15.2 Å². The first-order valence-electron chi connectivity index (χ1n) is 6.74. The van der Waals surface area contributed by atoms with Gasteiger partial charge in [0, 0.05) is 11.2 Å². The molecule has 1 aromatic carbocycles. The maximum absolute atomic E-state index is 6.14. The zero-order chi connectivity index (χ0) is 17.1. The van der Waals surface area contributed by atoms with Crippen molar-refractivity contribution in [1.82, 2.24) is 15.0 Å². The van der Waals surface area contributed by atoms with Crippen LogP contribution in [0.5, 0.6) is 0 Å². The van der Waals surface area contributed by atoms with Crippen LogP contribution in [-0.2, 0) is 0 Å². The first-order valence-corrected chi connectivity index (χ1v) is 7.88. The Hall–Kier alpha value is -2.28. The smallest absolute Gasteiger partial charge is 0.159 e. The van der Waals surface area contributed by atoms with Crippen molar-refractivity contribution < 1.29 is 0 Å². The highest BCUT2D eigenvalue weighted by Crippen LogP contribution is 2.33. The number of nitrogens with one attached hydrogen (secondary N) is 2. The molecule has 0 bridgehead atoms. The van der Waals surface area contributed by atoms with E-state index in [9.17, 15) is 0 Å². The molecule has 0 atom stereocenters. The zero-order valence-electron chi connectivity index (χ0n) is 12.1. The first-order chi connectivity index (χ1) is 11.5. The van der Waals surface area contributed by atoms with Gasteiger partial charge in [0.2, 0.25) is 0 Å². The minimum Gasteiger partial charge on any atom is -0.393 e. The second-order valence-corrected chi connectivity index (χ2v) is 5.90. The fourth-order valence-corrected chi connectivity index (χ4v) is 2.43. The van der Waals surface area contributed by atoms with Gasteiger partial charge in [0.25, 0.3) is 0 Å². The van der Waals surface area contributed by atoms with Crippen molar-refractivity contribution in [3.05, 3.63) is 58.1 Å². The van der Waals surface area contributed by atoms with E-state index in [-0.39, 0.29) is 0 Å². The van der Waals surface area contributed by atoms with E-state index in [0.717, 1.165) is 0 Å². The number of hydrogen-bond donors (Lipinski definition) is 3. The first kappa shape index (κ1) is 16.6. The van der Waals surface area contributed by atoms with E-state index < -0.39 is 0 Å². The van der Waals surface area contributed by atoms with E-state index >= 15 is 0 Å². The van der Waals surface area contributed by atoms with Gasteiger partial charge in [-0.15, -0.1) is 0 Å². The number of pyridine rings is 1. The zero-order valence-corrected chi connectivity index (χ0v) is 14.4. The molecule has 4 N–H and O–H groups in total. The molecule has 0 fully saturated rings. The summed E-state index contributed by atoms with van der Waals surface area (Å²) in [4.78, 5) is 12.2. The minimum atomic E-state index is 0.300. The number of rotatable bonds is 4. The number of halogens is 3. The molecule has 3 rings (SSSR count). The van der Waals surface area contributed by atoms with E-state index in [1.807, 2.05) is 0 Å². The number of hydrogen-bond acceptors (Lipinski definition) is 6. The Balaban J connectivity index is 1.91. The Morgan fingerprint density at radius 3 is 2.29 bits per heavy atom. The molecule has 3 aromatic rings. The monoisotopic (exact) mass is 380 g/mol. The lowest BCUT2D eigenvalue weighted by Gasteiger charge is -2.13. The molecular weight excluding hydrogens is 371 g/mol. The summed E-state index contributed by atoms with van der Waals surface area (Å²) in [5.74, 6) is 0.775. The summed E-state index contributed by atoms with van der Waals surface area (Å²) in [6, 6.07) is 8.55. The average Bonchev–Trinajstić information content (AvgIpc) is 2.56. The van der Waals surface area contributed by atoms with Crippen molar-refractivity contribution in [3.8, 4) is 0 Å². The SMILES string of the molecule is Nc1c(Nc2cc(Cl)ccc2Cl)ncnc1Nc1cccnc1Cl. The molecular formula is C15H11Cl3N6. The van der Waals surface area contributed by atoms with Crippen LogP contribution < -0.4 is 16.4 Å². The Morgan fingerprint density at radius 1 is 0.875 bits per heavy atom. The summed E-state index contributed by atoms with van der Waals surface area (Å²) in [5, 5.41) is 7.40. The molecule has 0 spiro atoms. The van der Waals surface area contributed by atoms with Crippen LogP contribution in [0, 0.1) is 0 Å². The third-order valence-electron chi connectivity index (χ3n) is 3.08. The summed E-state index contributed by atoms with van der Waals surface area (Å²) in [5.41, 5.74) is 7.59. The standard InChI is InChI=1S/C15H11Cl3N6/c16-8-3-4-9(17)11(6-8)24-15-12(19)14(21-7-22-15)23-10-2-1-5-20-13(10)18/h1-7H,19H2,(H2,21,22,23,24). The molecule has 6 nitrogen and oxygen atoms in total. The Kier molecular flexibility index (Phi) is 4.89. The van der Waals surface area contributed by atoms with Crippen LogP contribution in [0.25, 0.3) is 0 Å². The van der Waals surface area contributed by atoms with Crippen molar-refractivity contribution in [2.45, 2.75) is 0 Å². The molecule has 0 aliphatic rings. The van der Waals surface area contributed by atoms with Gasteiger partial charge in [-0.05, 0) is 30.3 Å². The highest BCUT2D eigenvalue weighted by Gasteiger charge is 2.12. The minimum absolute atomic E-state index is 0.300. The van der Waals surface area contributed by atoms with Crippen molar-refractivity contribution in [2.24, 2.45) is 0 Å². The van der Waals surface area contributed by atoms with Crippen molar-refractivity contribution >= 4 is 63.5 Å². The van der Waals surface area contributed by atoms with Crippen molar-refractivity contribution in [2.75, 3.05) is 16.4 Å². The molecule has 0 aliphatic heterocycles. The second-order valence-electron chi connectivity index (χ2n) is 4.70. The number of nitrogens with two attached hydrogens (primary N) is 1. The molecule has 2 heterocycles. The molecule has 0 saturated heterocycles. The number of aromatic nitrogens is 3. The van der Waals surface area contributed by atoms with Gasteiger partial charge in [0.15, 0.2) is 16.8 Å². The predicted molar refractivity (Wildman–Crippen MR) is 98.7 cm³/mol. The number of nitrogens with zero attached hydrogens (tertiary/aromatic N) is 3. The maximum Gasteiger partial charge on any atom is 0.159 e. The van der Waals surface area contributed by atoms with Crippen molar-refractivity contribution in [3.63, 3.8) is 0 Å². The Labute approximate surface area is 153 Å². The number of nitrogen functional groups attached to an aromatic ring is 1. The molecule has 0 saturated carbocycles. The molecule has 0 radical (unpaired) electrons. The lowest BCUT2D eigenvalue weighted by molar-refractivity contribution is 1.17. The van der Waals surface area contributed by atoms with Crippen LogP contribution in [0.4, 0.5) is 28.7 Å². The Morgan fingerprint density at radius 2 is 1.58 bits per heavy atom. The highest BCUT2D eigenvalue weighted by molar-refractivity contribution is 6.35. The Bertz CT molecular complexity index is 887. The fraction of sp³-hybridized carbons (Fsp3) is 0. The summed E-state index contributed by atoms with van der Waals surface area (Å²) >= 11 is 18.2. The van der Waals surface area contributed by atoms with Gasteiger partial charge in [0.1, 0.15) is 12.0 Å². The molecule has 0 unspecified atom stereocenters. The number of anilines is 5. The third-order valence-corrected chi connectivity index (χ3v) is 3.94. The largest absolute Gasteiger partial charge is 0.393 e. The van der Waals surface area contributed by atoms with Gasteiger partial charge in [0.05, 0.1) is 16.4 Å². The summed E-state index contributed by atoms with van der Waals surface area (Å²) in [6.07, 6.45) is 2.95. The second kappa shape index (κ2) is 7.09. The van der Waals surface area contributed by atoms with E-state index in [4.69, 9.17) is 40.5 Å². The third kappa shape index (κ3) is 3.62. The van der Waals surface area contributed by atoms with Crippen LogP contribution in [0.15, 0.2) is 42.9 Å². The van der Waals surface area contributed by atoms with Gasteiger partial charge in [-0.3, -0.25) is 0 Å². The van der Waals surface area contributed by atoms with Gasteiger partial charge >= 0.3 is 0 Å². The molecule has 24 heavy (non-hydrogen) atoms. The fourth-order valence-electron chi connectivity index (χ4n) is 1.92. The maximum atomic E-state index is 6.14. The molecule has 0 aliphatic carbocycles. The van der Waals surface area contributed by atoms with E-state index in [2.05, 4.69) is 25.6 Å². The molecule has 122 valence electrons. The van der Waals surface area contributed by atoms with E-state index in [1.165, 1.54) is 6.33 Å². The van der Waals surface area contributed by atoms with Gasteiger partial charge in [-0.25, -0.2) is 15.0 Å². The van der Waals surface area contributed by atoms with Crippen LogP contribution in [0.1, 0.15) is 0 Å². The molecule has 9 heteroatoms. The highest BCUT2D eigenvalue weighted by atomic mass is 35.5. The lowest BCUT2D eigenvalue weighted by atomic mass is 10.3. The van der Waals surface area contributed by atoms with Gasteiger partial charge in [-0.2, -0.15) is 0 Å². The molecule has 2 aromatic heterocycles. The molecule has 0 amide bonds. The lowest BCUT2D eigenvalue weighted by Crippen LogP contribution is -2.05. The summed E-state index contributed by atoms with van der Waals surface area (Å²) < 4.78 is 0. The van der Waals surface area contributed by atoms with Crippen molar-refractivity contribution in [1.29, 1.82) is 0 Å². The van der Waals surface area contributed by atoms with Crippen LogP contribution in [-0.4, -0.2) is 15.0 Å². The number of benzene rings is 1. The quantitative estimate of drug-likeness (QED) is 0.557. The van der Waals surface area contributed by atoms with Gasteiger partial charge in [-0.1, -0.05) is 34.8 Å². The van der Waals surface area contributed by atoms with E-state index in [0.29, 0.717) is 43.9 Å². The van der Waals surface area contributed by atoms with Gasteiger partial charge < -0.3 is 16.4 Å². The normalized spacial score (nSPS) is 10.5. The predicted octanol–water partition coefficient (Wildman–Crippen LogP) is 4.90. The van der Waals surface area contributed by atoms with Crippen LogP contribution >= 0.6 is 34.8 Å². The average molecular weight is 382 g/mol.